The molecule has 0 spiro atoms. The van der Waals surface area contributed by atoms with Crippen molar-refractivity contribution in [3.8, 4) is 0 Å². The normalized spacial score (nSPS) is 15.6. The van der Waals surface area contributed by atoms with Gasteiger partial charge < -0.3 is 4.98 Å². The molecule has 0 radical (unpaired) electrons. The topological polar surface area (TPSA) is 76.0 Å². The van der Waals surface area contributed by atoms with Crippen LogP contribution in [0.15, 0.2) is 24.4 Å². The molecule has 1 heterocycles. The molecule has 5 heteroatoms. The van der Waals surface area contributed by atoms with Crippen LogP contribution in [-0.2, 0) is 0 Å². The van der Waals surface area contributed by atoms with E-state index in [4.69, 9.17) is 0 Å². The van der Waals surface area contributed by atoms with E-state index in [1.807, 2.05) is 0 Å². The number of carbonyl (C=O) groups is 1. The number of rotatable bonds is 3. The van der Waals surface area contributed by atoms with Gasteiger partial charge in [0.15, 0.2) is 5.78 Å². The highest BCUT2D eigenvalue weighted by Gasteiger charge is 2.28. The first-order chi connectivity index (χ1) is 8.68. The van der Waals surface area contributed by atoms with Crippen LogP contribution in [0.5, 0.6) is 0 Å². The summed E-state index contributed by atoms with van der Waals surface area (Å²) in [6, 6.07) is 4.81. The molecule has 92 valence electrons. The quantitative estimate of drug-likeness (QED) is 0.512. The van der Waals surface area contributed by atoms with Crippen LogP contribution in [0.4, 0.5) is 5.69 Å². The molecule has 0 amide bonds. The van der Waals surface area contributed by atoms with Crippen LogP contribution >= 0.6 is 0 Å². The van der Waals surface area contributed by atoms with E-state index in [0.717, 1.165) is 19.3 Å². The van der Waals surface area contributed by atoms with Crippen molar-refractivity contribution in [3.63, 3.8) is 0 Å². The standard InChI is InChI=1S/C13H12N2O3/c16-13(8-3-1-4-8)10-7-14-12-9(10)5-2-6-11(12)15(17)18/h2,5-8,14H,1,3-4H2. The van der Waals surface area contributed by atoms with E-state index in [2.05, 4.69) is 4.98 Å². The summed E-state index contributed by atoms with van der Waals surface area (Å²) in [4.78, 5) is 25.5. The van der Waals surface area contributed by atoms with Gasteiger partial charge >= 0.3 is 0 Å². The number of nitrogens with zero attached hydrogens (tertiary/aromatic N) is 1. The summed E-state index contributed by atoms with van der Waals surface area (Å²) in [6.07, 6.45) is 4.55. The molecule has 1 N–H and O–H groups in total. The van der Waals surface area contributed by atoms with Crippen molar-refractivity contribution < 1.29 is 9.72 Å². The average Bonchev–Trinajstić information content (AvgIpc) is 2.69. The number of fused-ring (bicyclic) bond motifs is 1. The third-order valence-electron chi connectivity index (χ3n) is 3.63. The number of nitro groups is 1. The zero-order valence-corrected chi connectivity index (χ0v) is 9.68. The number of benzene rings is 1. The van der Waals surface area contributed by atoms with Crippen LogP contribution < -0.4 is 0 Å². The van der Waals surface area contributed by atoms with E-state index >= 15 is 0 Å². The number of non-ortho nitro benzene ring substituents is 1. The number of hydrogen-bond donors (Lipinski definition) is 1. The van der Waals surface area contributed by atoms with Gasteiger partial charge in [-0.05, 0) is 12.8 Å². The predicted molar refractivity (Wildman–Crippen MR) is 66.6 cm³/mol. The summed E-state index contributed by atoms with van der Waals surface area (Å²) in [5.74, 6) is 0.205. The Balaban J connectivity index is 2.11. The molecule has 5 nitrogen and oxygen atoms in total. The molecular formula is C13H12N2O3. The number of hydrogen-bond acceptors (Lipinski definition) is 3. The smallest absolute Gasteiger partial charge is 0.293 e. The minimum absolute atomic E-state index is 0.0140. The lowest BCUT2D eigenvalue weighted by atomic mass is 9.80. The number of Topliss-reactive ketones (excluding diaryl/α,β-unsaturated/α-hetero) is 1. The van der Waals surface area contributed by atoms with E-state index in [-0.39, 0.29) is 17.4 Å². The summed E-state index contributed by atoms with van der Waals surface area (Å²) >= 11 is 0. The summed E-state index contributed by atoms with van der Waals surface area (Å²) in [6.45, 7) is 0. The Morgan fingerprint density at radius 3 is 2.78 bits per heavy atom. The maximum absolute atomic E-state index is 12.2. The Hall–Kier alpha value is -2.17. The van der Waals surface area contributed by atoms with Gasteiger partial charge in [0.25, 0.3) is 5.69 Å². The van der Waals surface area contributed by atoms with Crippen LogP contribution in [0, 0.1) is 16.0 Å². The number of aromatic nitrogens is 1. The molecule has 1 aliphatic carbocycles. The van der Waals surface area contributed by atoms with Crippen LogP contribution in [0.25, 0.3) is 10.9 Å². The van der Waals surface area contributed by atoms with E-state index < -0.39 is 4.92 Å². The van der Waals surface area contributed by atoms with Crippen LogP contribution in [0.2, 0.25) is 0 Å². The van der Waals surface area contributed by atoms with Crippen molar-refractivity contribution in [2.45, 2.75) is 19.3 Å². The molecule has 2 aromatic rings. The summed E-state index contributed by atoms with van der Waals surface area (Å²) in [5, 5.41) is 11.5. The van der Waals surface area contributed by atoms with E-state index in [1.165, 1.54) is 6.07 Å². The maximum Gasteiger partial charge on any atom is 0.293 e. The number of para-hydroxylation sites is 1. The molecule has 0 aliphatic heterocycles. The molecule has 0 unspecified atom stereocenters. The van der Waals surface area contributed by atoms with Crippen LogP contribution in [-0.4, -0.2) is 15.7 Å². The SMILES string of the molecule is O=C(c1c[nH]c2c([N+](=O)[O-])cccc12)C1CCC1. The Labute approximate surface area is 103 Å². The zero-order chi connectivity index (χ0) is 12.7. The fourth-order valence-electron chi connectivity index (χ4n) is 2.38. The van der Waals surface area contributed by atoms with Crippen molar-refractivity contribution in [1.29, 1.82) is 0 Å². The van der Waals surface area contributed by atoms with Crippen LogP contribution in [0.1, 0.15) is 29.6 Å². The number of nitrogens with one attached hydrogen (secondary N) is 1. The molecular weight excluding hydrogens is 232 g/mol. The number of carbonyl (C=O) groups excluding carboxylic acids is 1. The molecule has 0 saturated heterocycles. The van der Waals surface area contributed by atoms with Gasteiger partial charge in [-0.2, -0.15) is 0 Å². The monoisotopic (exact) mass is 244 g/mol. The fourth-order valence-corrected chi connectivity index (χ4v) is 2.38. The molecule has 1 aromatic heterocycles. The highest BCUT2D eigenvalue weighted by molar-refractivity contribution is 6.10. The van der Waals surface area contributed by atoms with Gasteiger partial charge in [-0.3, -0.25) is 14.9 Å². The molecule has 1 saturated carbocycles. The van der Waals surface area contributed by atoms with Crippen LogP contribution in [0.3, 0.4) is 0 Å². The summed E-state index contributed by atoms with van der Waals surface area (Å²) in [7, 11) is 0. The predicted octanol–water partition coefficient (Wildman–Crippen LogP) is 3.06. The lowest BCUT2D eigenvalue weighted by molar-refractivity contribution is -0.383. The average molecular weight is 244 g/mol. The van der Waals surface area contributed by atoms with Gasteiger partial charge in [0.1, 0.15) is 5.52 Å². The van der Waals surface area contributed by atoms with Crippen molar-refractivity contribution >= 4 is 22.4 Å². The lowest BCUT2D eigenvalue weighted by Gasteiger charge is -2.23. The molecule has 1 fully saturated rings. The summed E-state index contributed by atoms with van der Waals surface area (Å²) < 4.78 is 0. The first-order valence-corrected chi connectivity index (χ1v) is 5.97. The Morgan fingerprint density at radius 2 is 2.17 bits per heavy atom. The Kier molecular flexibility index (Phi) is 2.40. The first kappa shape index (κ1) is 11.0. The molecule has 1 aromatic carbocycles. The van der Waals surface area contributed by atoms with Gasteiger partial charge in [0.05, 0.1) is 4.92 Å². The first-order valence-electron chi connectivity index (χ1n) is 5.97. The van der Waals surface area contributed by atoms with Crippen molar-refractivity contribution in [2.24, 2.45) is 5.92 Å². The van der Waals surface area contributed by atoms with E-state index in [9.17, 15) is 14.9 Å². The Bertz CT molecular complexity index is 641. The highest BCUT2D eigenvalue weighted by atomic mass is 16.6. The Morgan fingerprint density at radius 1 is 1.39 bits per heavy atom. The third kappa shape index (κ3) is 1.51. The second-order valence-electron chi connectivity index (χ2n) is 4.65. The number of aromatic amines is 1. The van der Waals surface area contributed by atoms with Gasteiger partial charge in [-0.1, -0.05) is 18.6 Å². The minimum Gasteiger partial charge on any atom is -0.355 e. The summed E-state index contributed by atoms with van der Waals surface area (Å²) in [5.41, 5.74) is 1.03. The number of H-pyrrole nitrogens is 1. The van der Waals surface area contributed by atoms with Crippen molar-refractivity contribution in [1.82, 2.24) is 4.98 Å². The zero-order valence-electron chi connectivity index (χ0n) is 9.68. The van der Waals surface area contributed by atoms with Crippen molar-refractivity contribution in [3.05, 3.63) is 40.1 Å². The van der Waals surface area contributed by atoms with E-state index in [0.29, 0.717) is 16.5 Å². The van der Waals surface area contributed by atoms with E-state index in [1.54, 1.807) is 18.3 Å². The molecule has 0 atom stereocenters. The second-order valence-corrected chi connectivity index (χ2v) is 4.65. The maximum atomic E-state index is 12.2. The molecule has 18 heavy (non-hydrogen) atoms. The number of nitro benzene ring substituents is 1. The third-order valence-corrected chi connectivity index (χ3v) is 3.63. The minimum atomic E-state index is -0.434. The van der Waals surface area contributed by atoms with Gasteiger partial charge in [-0.25, -0.2) is 0 Å². The highest BCUT2D eigenvalue weighted by Crippen LogP contribution is 2.33. The van der Waals surface area contributed by atoms with Gasteiger partial charge in [-0.15, -0.1) is 0 Å². The lowest BCUT2D eigenvalue weighted by Crippen LogP contribution is -2.21. The molecule has 3 rings (SSSR count). The van der Waals surface area contributed by atoms with Crippen molar-refractivity contribution in [2.75, 3.05) is 0 Å². The largest absolute Gasteiger partial charge is 0.355 e. The fraction of sp³-hybridized carbons (Fsp3) is 0.308. The second kappa shape index (κ2) is 3.94. The molecule has 1 aliphatic rings. The number of ketones is 1. The molecule has 0 bridgehead atoms. The van der Waals surface area contributed by atoms with Gasteiger partial charge in [0.2, 0.25) is 0 Å². The van der Waals surface area contributed by atoms with Gasteiger partial charge in [0, 0.05) is 29.1 Å².